The van der Waals surface area contributed by atoms with Crippen LogP contribution in [0.2, 0.25) is 0 Å². The van der Waals surface area contributed by atoms with Crippen molar-refractivity contribution in [1.82, 2.24) is 0 Å². The van der Waals surface area contributed by atoms with E-state index in [1.165, 1.54) is 23.1 Å². The average molecular weight is 444 g/mol. The SMILES string of the molecule is Cc1ccc(CC(=O)C[C@@H]2CCN(c3ccc(-c4ccccc4C#N)c(F)c3F)C2=O)cc1. The van der Waals surface area contributed by atoms with E-state index < -0.39 is 17.6 Å². The molecule has 0 radical (unpaired) electrons. The van der Waals surface area contributed by atoms with Crippen molar-refractivity contribution >= 4 is 17.4 Å². The number of ketones is 1. The minimum absolute atomic E-state index is 0.0372. The van der Waals surface area contributed by atoms with Crippen molar-refractivity contribution in [1.29, 1.82) is 5.26 Å². The zero-order valence-electron chi connectivity index (χ0n) is 18.1. The fraction of sp³-hybridized carbons (Fsp3) is 0.222. The van der Waals surface area contributed by atoms with E-state index in [4.69, 9.17) is 0 Å². The topological polar surface area (TPSA) is 61.2 Å². The first-order valence-electron chi connectivity index (χ1n) is 10.7. The predicted molar refractivity (Wildman–Crippen MR) is 121 cm³/mol. The molecule has 0 aliphatic carbocycles. The van der Waals surface area contributed by atoms with E-state index in [0.29, 0.717) is 6.42 Å². The standard InChI is InChI=1S/C27H22F2N2O2/c1-17-6-8-18(9-7-17)14-21(32)15-19-12-13-31(27(19)33)24-11-10-23(25(28)26(24)29)22-5-3-2-4-20(22)16-30/h2-11,19H,12-15H2,1H3/t19-/m0/s1. The minimum atomic E-state index is -1.14. The number of hydrogen-bond donors (Lipinski definition) is 0. The van der Waals surface area contributed by atoms with Crippen LogP contribution in [-0.2, 0) is 16.0 Å². The molecule has 1 heterocycles. The summed E-state index contributed by atoms with van der Waals surface area (Å²) in [5.74, 6) is -3.24. The predicted octanol–water partition coefficient (Wildman–Crippen LogP) is 5.37. The number of nitrogens with zero attached hydrogens (tertiary/aromatic N) is 2. The molecule has 166 valence electrons. The van der Waals surface area contributed by atoms with Crippen LogP contribution in [0.5, 0.6) is 0 Å². The largest absolute Gasteiger partial charge is 0.309 e. The van der Waals surface area contributed by atoms with Gasteiger partial charge in [-0.1, -0.05) is 48.0 Å². The number of benzene rings is 3. The molecule has 4 nitrogen and oxygen atoms in total. The summed E-state index contributed by atoms with van der Waals surface area (Å²) in [6.45, 7) is 2.18. The number of carbonyl (C=O) groups excluding carboxylic acids is 2. The van der Waals surface area contributed by atoms with Crippen molar-refractivity contribution in [3.63, 3.8) is 0 Å². The fourth-order valence-corrected chi connectivity index (χ4v) is 4.22. The minimum Gasteiger partial charge on any atom is -0.309 e. The van der Waals surface area contributed by atoms with Crippen LogP contribution in [0.1, 0.15) is 29.5 Å². The lowest BCUT2D eigenvalue weighted by atomic mass is 9.97. The molecule has 33 heavy (non-hydrogen) atoms. The molecule has 6 heteroatoms. The molecule has 3 aromatic rings. The summed E-state index contributed by atoms with van der Waals surface area (Å²) in [4.78, 5) is 26.6. The van der Waals surface area contributed by atoms with E-state index in [0.717, 1.165) is 11.1 Å². The lowest BCUT2D eigenvalue weighted by molar-refractivity contribution is -0.125. The third-order valence-electron chi connectivity index (χ3n) is 6.00. The number of Topliss-reactive ketones (excluding diaryl/α,β-unsaturated/α-hetero) is 1. The number of aryl methyl sites for hydroxylation is 1. The molecule has 1 aliphatic heterocycles. The van der Waals surface area contributed by atoms with Gasteiger partial charge in [0.15, 0.2) is 11.6 Å². The zero-order valence-corrected chi connectivity index (χ0v) is 18.1. The van der Waals surface area contributed by atoms with Crippen molar-refractivity contribution in [2.24, 2.45) is 5.92 Å². The highest BCUT2D eigenvalue weighted by molar-refractivity contribution is 6.00. The molecule has 1 atom stereocenters. The maximum Gasteiger partial charge on any atom is 0.230 e. The van der Waals surface area contributed by atoms with Crippen LogP contribution < -0.4 is 4.90 Å². The van der Waals surface area contributed by atoms with Gasteiger partial charge >= 0.3 is 0 Å². The van der Waals surface area contributed by atoms with Gasteiger partial charge in [0.25, 0.3) is 0 Å². The van der Waals surface area contributed by atoms with Gasteiger partial charge in [-0.25, -0.2) is 8.78 Å². The first kappa shape index (κ1) is 22.3. The number of halogens is 2. The van der Waals surface area contributed by atoms with Gasteiger partial charge in [0.1, 0.15) is 5.78 Å². The Bertz CT molecular complexity index is 1260. The van der Waals surface area contributed by atoms with Gasteiger partial charge in [-0.3, -0.25) is 9.59 Å². The van der Waals surface area contributed by atoms with E-state index in [9.17, 15) is 23.6 Å². The second-order valence-corrected chi connectivity index (χ2v) is 8.30. The van der Waals surface area contributed by atoms with Crippen molar-refractivity contribution in [3.8, 4) is 17.2 Å². The first-order valence-corrected chi connectivity index (χ1v) is 10.7. The zero-order chi connectivity index (χ0) is 23.5. The van der Waals surface area contributed by atoms with Crippen molar-refractivity contribution in [2.45, 2.75) is 26.2 Å². The van der Waals surface area contributed by atoms with Crippen LogP contribution in [0.25, 0.3) is 11.1 Å². The van der Waals surface area contributed by atoms with Crippen LogP contribution in [0.4, 0.5) is 14.5 Å². The maximum absolute atomic E-state index is 15.0. The third-order valence-corrected chi connectivity index (χ3v) is 6.00. The van der Waals surface area contributed by atoms with Gasteiger partial charge in [0.05, 0.1) is 17.3 Å². The highest BCUT2D eigenvalue weighted by Gasteiger charge is 2.36. The van der Waals surface area contributed by atoms with Gasteiger partial charge in [0.2, 0.25) is 5.91 Å². The molecule has 0 aromatic heterocycles. The van der Waals surface area contributed by atoms with E-state index in [-0.39, 0.29) is 53.5 Å². The Morgan fingerprint density at radius 2 is 1.76 bits per heavy atom. The Morgan fingerprint density at radius 1 is 1.03 bits per heavy atom. The lowest BCUT2D eigenvalue weighted by Crippen LogP contribution is -2.29. The summed E-state index contributed by atoms with van der Waals surface area (Å²) >= 11 is 0. The summed E-state index contributed by atoms with van der Waals surface area (Å²) in [5.41, 5.74) is 2.32. The normalized spacial score (nSPS) is 15.5. The van der Waals surface area contributed by atoms with Crippen molar-refractivity contribution < 1.29 is 18.4 Å². The molecule has 3 aromatic carbocycles. The molecule has 0 N–H and O–H groups in total. The number of hydrogen-bond acceptors (Lipinski definition) is 3. The number of carbonyl (C=O) groups is 2. The highest BCUT2D eigenvalue weighted by atomic mass is 19.2. The third kappa shape index (κ3) is 4.54. The number of rotatable bonds is 6. The van der Waals surface area contributed by atoms with Crippen LogP contribution in [0, 0.1) is 35.8 Å². The molecule has 0 bridgehead atoms. The van der Waals surface area contributed by atoms with E-state index in [1.54, 1.807) is 18.2 Å². The molecule has 1 fully saturated rings. The van der Waals surface area contributed by atoms with E-state index in [2.05, 4.69) is 0 Å². The molecule has 4 rings (SSSR count). The second kappa shape index (κ2) is 9.33. The molecule has 1 saturated heterocycles. The Labute approximate surface area is 191 Å². The number of amides is 1. The molecular formula is C27H22F2N2O2. The van der Waals surface area contributed by atoms with Crippen molar-refractivity contribution in [2.75, 3.05) is 11.4 Å². The summed E-state index contributed by atoms with van der Waals surface area (Å²) in [7, 11) is 0. The van der Waals surface area contributed by atoms with Gasteiger partial charge in [-0.15, -0.1) is 0 Å². The molecular weight excluding hydrogens is 422 g/mol. The molecule has 0 spiro atoms. The quantitative estimate of drug-likeness (QED) is 0.514. The molecule has 0 saturated carbocycles. The monoisotopic (exact) mass is 444 g/mol. The van der Waals surface area contributed by atoms with Crippen LogP contribution in [0.3, 0.4) is 0 Å². The average Bonchev–Trinajstić information content (AvgIpc) is 3.17. The van der Waals surface area contributed by atoms with Crippen LogP contribution in [0.15, 0.2) is 60.7 Å². The van der Waals surface area contributed by atoms with E-state index >= 15 is 0 Å². The first-order chi connectivity index (χ1) is 15.9. The Balaban J connectivity index is 1.50. The van der Waals surface area contributed by atoms with Gasteiger partial charge in [0, 0.05) is 36.4 Å². The second-order valence-electron chi connectivity index (χ2n) is 8.30. The van der Waals surface area contributed by atoms with Crippen LogP contribution in [-0.4, -0.2) is 18.2 Å². The van der Waals surface area contributed by atoms with Crippen LogP contribution >= 0.6 is 0 Å². The molecule has 1 aliphatic rings. The summed E-state index contributed by atoms with van der Waals surface area (Å²) in [6, 6.07) is 18.7. The maximum atomic E-state index is 15.0. The Kier molecular flexibility index (Phi) is 6.32. The fourth-order valence-electron chi connectivity index (χ4n) is 4.22. The van der Waals surface area contributed by atoms with Gasteiger partial charge in [-0.2, -0.15) is 5.26 Å². The smallest absolute Gasteiger partial charge is 0.230 e. The van der Waals surface area contributed by atoms with Gasteiger partial charge < -0.3 is 4.90 Å². The van der Waals surface area contributed by atoms with Crippen molar-refractivity contribution in [3.05, 3.63) is 89.0 Å². The molecule has 1 amide bonds. The number of nitriles is 1. The Morgan fingerprint density at radius 3 is 2.48 bits per heavy atom. The summed E-state index contributed by atoms with van der Waals surface area (Å²) in [6.07, 6.45) is 0.708. The highest BCUT2D eigenvalue weighted by Crippen LogP contribution is 2.35. The Hall–Kier alpha value is -3.85. The summed E-state index contributed by atoms with van der Waals surface area (Å²) in [5, 5.41) is 9.26. The lowest BCUT2D eigenvalue weighted by Gasteiger charge is -2.19. The molecule has 0 unspecified atom stereocenters. The van der Waals surface area contributed by atoms with E-state index in [1.807, 2.05) is 37.3 Å². The van der Waals surface area contributed by atoms with Gasteiger partial charge in [-0.05, 0) is 37.1 Å². The summed E-state index contributed by atoms with van der Waals surface area (Å²) < 4.78 is 29.9. The number of anilines is 1.